The number of fused-ring (bicyclic) bond motifs is 1. The van der Waals surface area contributed by atoms with Gasteiger partial charge in [0.05, 0.1) is 47.1 Å². The minimum atomic E-state index is -0.693. The molecule has 0 spiro atoms. The molecule has 0 saturated carbocycles. The second-order valence-electron chi connectivity index (χ2n) is 7.59. The van der Waals surface area contributed by atoms with Crippen molar-refractivity contribution in [1.82, 2.24) is 4.57 Å². The number of hydrogen-bond donors (Lipinski definition) is 0. The lowest BCUT2D eigenvalue weighted by Crippen LogP contribution is -2.39. The van der Waals surface area contributed by atoms with Gasteiger partial charge in [0.2, 0.25) is 0 Å². The number of thiazole rings is 1. The third-order valence-corrected chi connectivity index (χ3v) is 7.28. The van der Waals surface area contributed by atoms with Crippen LogP contribution < -0.4 is 24.4 Å². The van der Waals surface area contributed by atoms with Gasteiger partial charge in [0.15, 0.2) is 16.3 Å². The van der Waals surface area contributed by atoms with E-state index in [4.69, 9.17) is 25.8 Å². The lowest BCUT2D eigenvalue weighted by atomic mass is 9.96. The number of carbonyl (C=O) groups excluding carboxylic acids is 1. The first-order valence-electron chi connectivity index (χ1n) is 10.7. The number of esters is 1. The van der Waals surface area contributed by atoms with Gasteiger partial charge in [0.1, 0.15) is 0 Å². The van der Waals surface area contributed by atoms with Crippen molar-refractivity contribution in [2.75, 3.05) is 20.8 Å². The van der Waals surface area contributed by atoms with Crippen LogP contribution in [0.3, 0.4) is 0 Å². The van der Waals surface area contributed by atoms with Crippen molar-refractivity contribution in [2.45, 2.75) is 19.9 Å². The zero-order valence-electron chi connectivity index (χ0n) is 19.4. The average Bonchev–Trinajstić information content (AvgIpc) is 3.12. The highest BCUT2D eigenvalue weighted by Gasteiger charge is 2.33. The summed E-state index contributed by atoms with van der Waals surface area (Å²) < 4.78 is 18.8. The maximum absolute atomic E-state index is 13.7. The molecule has 1 atom stereocenters. The first-order valence-corrected chi connectivity index (χ1v) is 12.6. The second-order valence-corrected chi connectivity index (χ2v) is 9.89. The highest BCUT2D eigenvalue weighted by atomic mass is 79.9. The van der Waals surface area contributed by atoms with Gasteiger partial charge in [-0.25, -0.2) is 9.79 Å². The first kappa shape index (κ1) is 25.2. The molecular formula is C25H22BrClN2O5S. The van der Waals surface area contributed by atoms with E-state index in [1.54, 1.807) is 64.5 Å². The Kier molecular flexibility index (Phi) is 7.49. The van der Waals surface area contributed by atoms with E-state index < -0.39 is 12.0 Å². The average molecular weight is 578 g/mol. The number of ether oxygens (including phenoxy) is 3. The van der Waals surface area contributed by atoms with Crippen molar-refractivity contribution in [2.24, 2.45) is 4.99 Å². The molecule has 1 aromatic heterocycles. The molecule has 2 heterocycles. The standard InChI is InChI=1S/C25H22BrClN2O5S/c1-5-34-24(31)20-13(2)28-25-29(21(20)15-6-8-16(27)9-7-15)23(30)19(35-25)12-14-10-17(26)22(33-4)18(11-14)32-3/h6-12,21H,5H2,1-4H3/b19-12-/t21-/m0/s1. The summed E-state index contributed by atoms with van der Waals surface area (Å²) in [6.07, 6.45) is 1.76. The summed E-state index contributed by atoms with van der Waals surface area (Å²) in [5.41, 5.74) is 2.03. The maximum Gasteiger partial charge on any atom is 0.338 e. The molecule has 0 amide bonds. The summed E-state index contributed by atoms with van der Waals surface area (Å²) in [4.78, 5) is 31.7. The van der Waals surface area contributed by atoms with E-state index in [1.807, 2.05) is 6.07 Å². The molecule has 2 aromatic carbocycles. The van der Waals surface area contributed by atoms with E-state index in [9.17, 15) is 9.59 Å². The number of hydrogen-bond acceptors (Lipinski definition) is 7. The molecule has 0 radical (unpaired) electrons. The molecule has 0 saturated heterocycles. The van der Waals surface area contributed by atoms with Gasteiger partial charge in [-0.3, -0.25) is 9.36 Å². The Morgan fingerprint density at radius 1 is 1.23 bits per heavy atom. The fourth-order valence-electron chi connectivity index (χ4n) is 3.92. The van der Waals surface area contributed by atoms with Gasteiger partial charge in [-0.2, -0.15) is 0 Å². The van der Waals surface area contributed by atoms with Crippen molar-refractivity contribution in [3.05, 3.63) is 88.0 Å². The number of methoxy groups -OCH3 is 2. The molecule has 3 aromatic rings. The Balaban J connectivity index is 1.94. The van der Waals surface area contributed by atoms with Gasteiger partial charge in [-0.1, -0.05) is 35.1 Å². The Morgan fingerprint density at radius 2 is 1.94 bits per heavy atom. The van der Waals surface area contributed by atoms with E-state index in [1.165, 1.54) is 15.9 Å². The second kappa shape index (κ2) is 10.4. The molecule has 1 aliphatic heterocycles. The van der Waals surface area contributed by atoms with Crippen LogP contribution in [0.2, 0.25) is 5.02 Å². The molecule has 0 aliphatic carbocycles. The van der Waals surface area contributed by atoms with Crippen LogP contribution >= 0.6 is 38.9 Å². The third kappa shape index (κ3) is 4.80. The SMILES string of the molecule is CCOC(=O)C1=C(C)N=c2s/c(=C\c3cc(Br)c(OC)c(OC)c3)c(=O)n2[C@H]1c1ccc(Cl)cc1. The number of benzene rings is 2. The molecule has 182 valence electrons. The van der Waals surface area contributed by atoms with E-state index >= 15 is 0 Å². The van der Waals surface area contributed by atoms with Crippen LogP contribution in [0, 0.1) is 0 Å². The minimum absolute atomic E-state index is 0.210. The summed E-state index contributed by atoms with van der Waals surface area (Å²) in [5, 5.41) is 0.554. The van der Waals surface area contributed by atoms with Crippen LogP contribution in [0.1, 0.15) is 31.0 Å². The Bertz CT molecular complexity index is 1510. The lowest BCUT2D eigenvalue weighted by Gasteiger charge is -2.24. The normalized spacial score (nSPS) is 15.5. The molecule has 10 heteroatoms. The Morgan fingerprint density at radius 3 is 2.57 bits per heavy atom. The quantitative estimate of drug-likeness (QED) is 0.410. The number of halogens is 2. The van der Waals surface area contributed by atoms with Gasteiger partial charge in [-0.05, 0) is 71.2 Å². The van der Waals surface area contributed by atoms with Crippen molar-refractivity contribution in [3.63, 3.8) is 0 Å². The number of rotatable bonds is 6. The molecular weight excluding hydrogens is 556 g/mol. The third-order valence-electron chi connectivity index (χ3n) is 5.46. The molecule has 0 fully saturated rings. The molecule has 0 bridgehead atoms. The highest BCUT2D eigenvalue weighted by molar-refractivity contribution is 9.10. The molecule has 1 aliphatic rings. The minimum Gasteiger partial charge on any atom is -0.493 e. The fraction of sp³-hybridized carbons (Fsp3) is 0.240. The van der Waals surface area contributed by atoms with Crippen LogP contribution in [0.4, 0.5) is 0 Å². The topological polar surface area (TPSA) is 79.1 Å². The van der Waals surface area contributed by atoms with Crippen molar-refractivity contribution < 1.29 is 19.0 Å². The maximum atomic E-state index is 13.7. The van der Waals surface area contributed by atoms with Crippen LogP contribution in [-0.2, 0) is 9.53 Å². The van der Waals surface area contributed by atoms with E-state index in [-0.39, 0.29) is 12.2 Å². The molecule has 0 unspecified atom stereocenters. The smallest absolute Gasteiger partial charge is 0.338 e. The molecule has 0 N–H and O–H groups in total. The summed E-state index contributed by atoms with van der Waals surface area (Å²) in [6.45, 7) is 3.70. The van der Waals surface area contributed by atoms with Gasteiger partial charge in [0, 0.05) is 5.02 Å². The summed E-state index contributed by atoms with van der Waals surface area (Å²) in [5.74, 6) is 0.579. The largest absolute Gasteiger partial charge is 0.493 e. The first-order chi connectivity index (χ1) is 16.8. The number of aromatic nitrogens is 1. The fourth-order valence-corrected chi connectivity index (χ4v) is 5.72. The Hall–Kier alpha value is -2.88. The summed E-state index contributed by atoms with van der Waals surface area (Å²) >= 11 is 10.8. The van der Waals surface area contributed by atoms with Gasteiger partial charge < -0.3 is 14.2 Å². The summed E-state index contributed by atoms with van der Waals surface area (Å²) in [7, 11) is 3.11. The van der Waals surface area contributed by atoms with E-state index in [0.717, 1.165) is 11.1 Å². The van der Waals surface area contributed by atoms with Crippen LogP contribution in [-0.4, -0.2) is 31.4 Å². The van der Waals surface area contributed by atoms with Crippen LogP contribution in [0.25, 0.3) is 6.08 Å². The van der Waals surface area contributed by atoms with Gasteiger partial charge >= 0.3 is 5.97 Å². The van der Waals surface area contributed by atoms with Crippen molar-refractivity contribution >= 4 is 50.9 Å². The predicted octanol–water partition coefficient (Wildman–Crippen LogP) is 4.23. The number of nitrogens with zero attached hydrogens (tertiary/aromatic N) is 2. The van der Waals surface area contributed by atoms with E-state index in [0.29, 0.717) is 41.6 Å². The lowest BCUT2D eigenvalue weighted by molar-refractivity contribution is -0.139. The van der Waals surface area contributed by atoms with Crippen LogP contribution in [0.5, 0.6) is 11.5 Å². The predicted molar refractivity (Wildman–Crippen MR) is 139 cm³/mol. The monoisotopic (exact) mass is 576 g/mol. The molecule has 7 nitrogen and oxygen atoms in total. The number of carbonyl (C=O) groups is 1. The molecule has 4 rings (SSSR count). The van der Waals surface area contributed by atoms with Crippen molar-refractivity contribution in [1.29, 1.82) is 0 Å². The Labute approximate surface area is 219 Å². The van der Waals surface area contributed by atoms with Crippen LogP contribution in [0.15, 0.2) is 61.9 Å². The van der Waals surface area contributed by atoms with Gasteiger partial charge in [0.25, 0.3) is 5.56 Å². The van der Waals surface area contributed by atoms with Crippen molar-refractivity contribution in [3.8, 4) is 11.5 Å². The zero-order valence-corrected chi connectivity index (χ0v) is 22.6. The van der Waals surface area contributed by atoms with Gasteiger partial charge in [-0.15, -0.1) is 0 Å². The number of allylic oxidation sites excluding steroid dienone is 1. The van der Waals surface area contributed by atoms with E-state index in [2.05, 4.69) is 20.9 Å². The summed E-state index contributed by atoms with van der Waals surface area (Å²) in [6, 6.07) is 9.99. The molecule has 35 heavy (non-hydrogen) atoms. The highest BCUT2D eigenvalue weighted by Crippen LogP contribution is 2.36. The zero-order chi connectivity index (χ0) is 25.3.